The standard InChI is InChI=1S/C11H23N2O/c1-5-8-11(4)12-9-10-13(14,6-2)7-3/h5,8,12,14H,1,6-7,9-10H2,2-4H3/q+1/b11-8+. The Hall–Kier alpha value is -0.800. The van der Waals surface area contributed by atoms with Crippen LogP contribution >= 0.6 is 0 Å². The van der Waals surface area contributed by atoms with Gasteiger partial charge in [0.25, 0.3) is 0 Å². The third-order valence-electron chi connectivity index (χ3n) is 2.48. The van der Waals surface area contributed by atoms with E-state index in [0.717, 1.165) is 31.9 Å². The number of hydrogen-bond acceptors (Lipinski definition) is 2. The number of quaternary nitrogens is 1. The second-order valence-corrected chi connectivity index (χ2v) is 3.46. The molecule has 0 atom stereocenters. The molecular weight excluding hydrogens is 176 g/mol. The van der Waals surface area contributed by atoms with E-state index in [1.165, 1.54) is 0 Å². The predicted molar refractivity (Wildman–Crippen MR) is 60.0 cm³/mol. The summed E-state index contributed by atoms with van der Waals surface area (Å²) in [4.78, 5) is 0. The fraction of sp³-hybridized carbons (Fsp3) is 0.636. The van der Waals surface area contributed by atoms with Crippen LogP contribution in [-0.2, 0) is 0 Å². The number of nitrogens with zero attached hydrogens (tertiary/aromatic N) is 1. The molecule has 0 radical (unpaired) electrons. The lowest BCUT2D eigenvalue weighted by Crippen LogP contribution is -2.48. The molecule has 2 N–H and O–H groups in total. The first-order valence-corrected chi connectivity index (χ1v) is 5.20. The van der Waals surface area contributed by atoms with E-state index in [2.05, 4.69) is 11.9 Å². The minimum absolute atomic E-state index is 0.133. The molecule has 0 heterocycles. The number of nitrogens with one attached hydrogen (secondary N) is 1. The molecule has 0 saturated carbocycles. The van der Waals surface area contributed by atoms with Crippen molar-refractivity contribution in [2.24, 2.45) is 0 Å². The first-order valence-electron chi connectivity index (χ1n) is 5.20. The maximum atomic E-state index is 9.93. The third-order valence-corrected chi connectivity index (χ3v) is 2.48. The van der Waals surface area contributed by atoms with E-state index in [-0.39, 0.29) is 4.65 Å². The quantitative estimate of drug-likeness (QED) is 0.373. The maximum absolute atomic E-state index is 9.93. The van der Waals surface area contributed by atoms with Gasteiger partial charge < -0.3 is 5.32 Å². The van der Waals surface area contributed by atoms with Gasteiger partial charge in [0, 0.05) is 5.70 Å². The van der Waals surface area contributed by atoms with Gasteiger partial charge in [-0.25, -0.2) is 5.21 Å². The molecule has 0 fully saturated rings. The van der Waals surface area contributed by atoms with Gasteiger partial charge in [-0.05, 0) is 26.8 Å². The van der Waals surface area contributed by atoms with Crippen LogP contribution in [0.3, 0.4) is 0 Å². The smallest absolute Gasteiger partial charge is 0.126 e. The molecule has 0 aliphatic rings. The highest BCUT2D eigenvalue weighted by Crippen LogP contribution is 1.99. The lowest BCUT2D eigenvalue weighted by Gasteiger charge is -2.27. The molecule has 0 aliphatic heterocycles. The molecule has 0 rings (SSSR count). The first-order chi connectivity index (χ1) is 6.58. The fourth-order valence-corrected chi connectivity index (χ4v) is 1.24. The lowest BCUT2D eigenvalue weighted by atomic mass is 10.4. The molecule has 0 aromatic heterocycles. The molecule has 0 bridgehead atoms. The van der Waals surface area contributed by atoms with Crippen molar-refractivity contribution in [3.05, 3.63) is 24.4 Å². The monoisotopic (exact) mass is 199 g/mol. The second-order valence-electron chi connectivity index (χ2n) is 3.46. The van der Waals surface area contributed by atoms with Gasteiger partial charge in [-0.2, -0.15) is 4.65 Å². The van der Waals surface area contributed by atoms with Gasteiger partial charge in [-0.1, -0.05) is 12.7 Å². The Morgan fingerprint density at radius 2 is 2.00 bits per heavy atom. The largest absolute Gasteiger partial charge is 0.383 e. The zero-order valence-corrected chi connectivity index (χ0v) is 9.58. The molecule has 82 valence electrons. The van der Waals surface area contributed by atoms with Crippen LogP contribution in [0.4, 0.5) is 0 Å². The molecule has 14 heavy (non-hydrogen) atoms. The Kier molecular flexibility index (Phi) is 6.25. The summed E-state index contributed by atoms with van der Waals surface area (Å²) >= 11 is 0. The molecule has 0 amide bonds. The van der Waals surface area contributed by atoms with Crippen LogP contribution < -0.4 is 5.32 Å². The summed E-state index contributed by atoms with van der Waals surface area (Å²) < 4.78 is 0.133. The van der Waals surface area contributed by atoms with Gasteiger partial charge in [0.1, 0.15) is 19.6 Å². The van der Waals surface area contributed by atoms with Crippen LogP contribution in [-0.4, -0.2) is 36.0 Å². The fourth-order valence-electron chi connectivity index (χ4n) is 1.24. The van der Waals surface area contributed by atoms with E-state index >= 15 is 0 Å². The normalized spacial score (nSPS) is 12.7. The number of rotatable bonds is 7. The van der Waals surface area contributed by atoms with E-state index in [1.807, 2.05) is 26.8 Å². The van der Waals surface area contributed by atoms with Gasteiger partial charge in [0.05, 0.1) is 6.54 Å². The summed E-state index contributed by atoms with van der Waals surface area (Å²) in [5.74, 6) is 0. The molecular formula is C11H23N2O+. The van der Waals surface area contributed by atoms with Crippen molar-refractivity contribution in [2.45, 2.75) is 20.8 Å². The van der Waals surface area contributed by atoms with Crippen molar-refractivity contribution in [1.29, 1.82) is 0 Å². The summed E-state index contributed by atoms with van der Waals surface area (Å²) in [5, 5.41) is 13.2. The van der Waals surface area contributed by atoms with E-state index < -0.39 is 0 Å². The molecule has 3 nitrogen and oxygen atoms in total. The maximum Gasteiger partial charge on any atom is 0.126 e. The SMILES string of the molecule is C=C/C=C(\C)NCC[N+](O)(CC)CC. The highest BCUT2D eigenvalue weighted by Gasteiger charge is 2.18. The molecule has 0 aliphatic carbocycles. The molecule has 0 unspecified atom stereocenters. The zero-order valence-electron chi connectivity index (χ0n) is 9.58. The van der Waals surface area contributed by atoms with Crippen molar-refractivity contribution in [3.8, 4) is 0 Å². The Balaban J connectivity index is 3.83. The van der Waals surface area contributed by atoms with Crippen molar-refractivity contribution in [3.63, 3.8) is 0 Å². The number of allylic oxidation sites excluding steroid dienone is 3. The van der Waals surface area contributed by atoms with Crippen LogP contribution in [0.15, 0.2) is 24.4 Å². The molecule has 3 heteroatoms. The Bertz CT molecular complexity index is 195. The minimum Gasteiger partial charge on any atom is -0.383 e. The van der Waals surface area contributed by atoms with Crippen LogP contribution in [0.1, 0.15) is 20.8 Å². The first kappa shape index (κ1) is 13.2. The summed E-state index contributed by atoms with van der Waals surface area (Å²) in [5.41, 5.74) is 1.08. The number of hydroxylamine groups is 3. The van der Waals surface area contributed by atoms with Gasteiger partial charge >= 0.3 is 0 Å². The number of hydrogen-bond donors (Lipinski definition) is 2. The van der Waals surface area contributed by atoms with E-state index in [0.29, 0.717) is 0 Å². The van der Waals surface area contributed by atoms with E-state index in [1.54, 1.807) is 6.08 Å². The van der Waals surface area contributed by atoms with Gasteiger partial charge in [0.15, 0.2) is 0 Å². The van der Waals surface area contributed by atoms with Crippen LogP contribution in [0.25, 0.3) is 0 Å². The molecule has 0 saturated heterocycles. The van der Waals surface area contributed by atoms with Crippen LogP contribution in [0.5, 0.6) is 0 Å². The van der Waals surface area contributed by atoms with Gasteiger partial charge in [0.2, 0.25) is 0 Å². The summed E-state index contributed by atoms with van der Waals surface area (Å²) in [6.45, 7) is 12.6. The van der Waals surface area contributed by atoms with Gasteiger partial charge in [-0.3, -0.25) is 0 Å². The predicted octanol–water partition coefficient (Wildman–Crippen LogP) is 1.91. The Morgan fingerprint density at radius 1 is 1.43 bits per heavy atom. The van der Waals surface area contributed by atoms with Crippen molar-refractivity contribution < 1.29 is 9.85 Å². The molecule has 0 spiro atoms. The number of likely N-dealkylation sites (N-methyl/N-ethyl adjacent to an activating group) is 1. The van der Waals surface area contributed by atoms with Crippen LogP contribution in [0, 0.1) is 0 Å². The highest BCUT2D eigenvalue weighted by atomic mass is 16.5. The second kappa shape index (κ2) is 6.62. The Labute approximate surface area is 87.3 Å². The summed E-state index contributed by atoms with van der Waals surface area (Å²) in [6, 6.07) is 0. The van der Waals surface area contributed by atoms with Crippen LogP contribution in [0.2, 0.25) is 0 Å². The van der Waals surface area contributed by atoms with Crippen molar-refractivity contribution in [2.75, 3.05) is 26.2 Å². The molecule has 0 aromatic carbocycles. The average Bonchev–Trinajstić information content (AvgIpc) is 2.18. The Morgan fingerprint density at radius 3 is 2.43 bits per heavy atom. The van der Waals surface area contributed by atoms with E-state index in [9.17, 15) is 5.21 Å². The summed E-state index contributed by atoms with van der Waals surface area (Å²) in [7, 11) is 0. The zero-order chi connectivity index (χ0) is 11.0. The summed E-state index contributed by atoms with van der Waals surface area (Å²) in [6.07, 6.45) is 3.67. The molecule has 0 aromatic rings. The topological polar surface area (TPSA) is 32.3 Å². The third kappa shape index (κ3) is 5.04. The van der Waals surface area contributed by atoms with Crippen molar-refractivity contribution >= 4 is 0 Å². The van der Waals surface area contributed by atoms with E-state index in [4.69, 9.17) is 0 Å². The minimum atomic E-state index is 0.133. The highest BCUT2D eigenvalue weighted by molar-refractivity contribution is 5.05. The lowest BCUT2D eigenvalue weighted by molar-refractivity contribution is -1.10. The average molecular weight is 199 g/mol. The van der Waals surface area contributed by atoms with Gasteiger partial charge in [-0.15, -0.1) is 0 Å². The van der Waals surface area contributed by atoms with Crippen molar-refractivity contribution in [1.82, 2.24) is 5.32 Å².